The monoisotopic (exact) mass is 462 g/mol. The highest BCUT2D eigenvalue weighted by molar-refractivity contribution is 6.73. The highest BCUT2D eigenvalue weighted by Crippen LogP contribution is 2.45. The molecule has 30 heavy (non-hydrogen) atoms. The molecule has 172 valence electrons. The summed E-state index contributed by atoms with van der Waals surface area (Å²) < 4.78 is 48.2. The summed E-state index contributed by atoms with van der Waals surface area (Å²) >= 11 is 6.38. The van der Waals surface area contributed by atoms with Gasteiger partial charge in [-0.3, -0.25) is 0 Å². The third kappa shape index (κ3) is 6.49. The molecule has 0 N–H and O–H groups in total. The lowest BCUT2D eigenvalue weighted by Gasteiger charge is -2.37. The van der Waals surface area contributed by atoms with Crippen molar-refractivity contribution in [3.05, 3.63) is 34.3 Å². The van der Waals surface area contributed by atoms with Gasteiger partial charge in [0.1, 0.15) is 0 Å². The van der Waals surface area contributed by atoms with Gasteiger partial charge in [0.15, 0.2) is 8.32 Å². The molecule has 0 radical (unpaired) electrons. The Bertz CT molecular complexity index is 667. The summed E-state index contributed by atoms with van der Waals surface area (Å²) in [5.74, 6) is 0.557. The average Bonchev–Trinajstić information content (AvgIpc) is 2.69. The van der Waals surface area contributed by atoms with E-state index in [1.165, 1.54) is 18.9 Å². The Morgan fingerprint density at radius 3 is 2.17 bits per heavy atom. The van der Waals surface area contributed by atoms with Gasteiger partial charge in [0.05, 0.1) is 11.7 Å². The zero-order valence-corrected chi connectivity index (χ0v) is 20.9. The second kappa shape index (κ2) is 10.4. The van der Waals surface area contributed by atoms with E-state index in [2.05, 4.69) is 34.6 Å². The van der Waals surface area contributed by atoms with Crippen LogP contribution in [0.5, 0.6) is 0 Å². The van der Waals surface area contributed by atoms with Gasteiger partial charge in [-0.25, -0.2) is 0 Å². The summed E-state index contributed by atoms with van der Waals surface area (Å²) in [6.07, 6.45) is 1.12. The number of rotatable bonds is 9. The summed E-state index contributed by atoms with van der Waals surface area (Å²) in [5.41, 5.74) is -0.112. The molecular formula is C24H38ClF3OSi. The van der Waals surface area contributed by atoms with Crippen LogP contribution in [-0.4, -0.2) is 8.32 Å². The van der Waals surface area contributed by atoms with Gasteiger partial charge < -0.3 is 4.43 Å². The SMILES string of the molecule is CC[Si](CC)(CC)OC(CCC1CCC(C)(C)CC1)c1c(Cl)cccc1C(F)(F)F. The van der Waals surface area contributed by atoms with Crippen molar-refractivity contribution < 1.29 is 17.6 Å². The summed E-state index contributed by atoms with van der Waals surface area (Å²) in [5, 5.41) is 0.172. The molecular weight excluding hydrogens is 425 g/mol. The number of hydrogen-bond acceptors (Lipinski definition) is 1. The zero-order chi connectivity index (χ0) is 22.6. The highest BCUT2D eigenvalue weighted by atomic mass is 35.5. The standard InChI is InChI=1S/C24H38ClF3OSi/c1-6-30(7-2,8-3)29-21(13-12-18-14-16-23(4,5)17-15-18)22-19(24(26,27)28)10-9-11-20(22)25/h9-11,18,21H,6-8,12-17H2,1-5H3. The first-order valence-corrected chi connectivity index (χ1v) is 14.4. The van der Waals surface area contributed by atoms with Crippen LogP contribution < -0.4 is 0 Å². The van der Waals surface area contributed by atoms with E-state index >= 15 is 0 Å². The van der Waals surface area contributed by atoms with Crippen molar-refractivity contribution in [3.63, 3.8) is 0 Å². The maximum Gasteiger partial charge on any atom is 0.416 e. The van der Waals surface area contributed by atoms with Crippen molar-refractivity contribution in [3.8, 4) is 0 Å². The van der Waals surface area contributed by atoms with Crippen molar-refractivity contribution in [2.24, 2.45) is 11.3 Å². The first-order valence-electron chi connectivity index (χ1n) is 11.5. The molecule has 0 aromatic heterocycles. The van der Waals surface area contributed by atoms with Crippen LogP contribution in [0.25, 0.3) is 0 Å². The third-order valence-electron chi connectivity index (χ3n) is 7.30. The van der Waals surface area contributed by atoms with Gasteiger partial charge >= 0.3 is 6.18 Å². The molecule has 2 rings (SSSR count). The first kappa shape index (κ1) is 25.7. The molecule has 1 saturated carbocycles. The van der Waals surface area contributed by atoms with Gasteiger partial charge in [0.25, 0.3) is 0 Å². The lowest BCUT2D eigenvalue weighted by atomic mass is 9.72. The fraction of sp³-hybridized carbons (Fsp3) is 0.750. The Labute approximate surface area is 186 Å². The molecule has 1 aromatic carbocycles. The second-order valence-corrected chi connectivity index (χ2v) is 14.9. The van der Waals surface area contributed by atoms with E-state index in [0.717, 1.165) is 43.5 Å². The number of benzene rings is 1. The van der Waals surface area contributed by atoms with Crippen LogP contribution in [0.2, 0.25) is 23.2 Å². The Balaban J connectivity index is 2.33. The van der Waals surface area contributed by atoms with Crippen LogP contribution in [0.15, 0.2) is 18.2 Å². The topological polar surface area (TPSA) is 9.23 Å². The highest BCUT2D eigenvalue weighted by Gasteiger charge is 2.40. The number of hydrogen-bond donors (Lipinski definition) is 0. The molecule has 0 spiro atoms. The molecule has 1 unspecified atom stereocenters. The van der Waals surface area contributed by atoms with E-state index in [1.54, 1.807) is 6.07 Å². The molecule has 0 saturated heterocycles. The van der Waals surface area contributed by atoms with Gasteiger partial charge in [-0.15, -0.1) is 0 Å². The van der Waals surface area contributed by atoms with Crippen molar-refractivity contribution in [1.29, 1.82) is 0 Å². The predicted octanol–water partition coefficient (Wildman–Crippen LogP) is 9.42. The van der Waals surface area contributed by atoms with Crippen molar-refractivity contribution in [1.82, 2.24) is 0 Å². The Hall–Kier alpha value is -0.523. The van der Waals surface area contributed by atoms with Gasteiger partial charge in [-0.05, 0) is 80.1 Å². The van der Waals surface area contributed by atoms with E-state index in [-0.39, 0.29) is 10.6 Å². The zero-order valence-electron chi connectivity index (χ0n) is 19.2. The molecule has 6 heteroatoms. The molecule has 0 bridgehead atoms. The van der Waals surface area contributed by atoms with Gasteiger partial charge in [0, 0.05) is 10.6 Å². The van der Waals surface area contributed by atoms with E-state index in [4.69, 9.17) is 16.0 Å². The normalized spacial score (nSPS) is 19.1. The molecule has 0 heterocycles. The quantitative estimate of drug-likeness (QED) is 0.332. The van der Waals surface area contributed by atoms with Crippen LogP contribution in [0, 0.1) is 11.3 Å². The molecule has 1 aliphatic carbocycles. The van der Waals surface area contributed by atoms with E-state index in [0.29, 0.717) is 17.8 Å². The average molecular weight is 463 g/mol. The fourth-order valence-electron chi connectivity index (χ4n) is 4.81. The molecule has 1 fully saturated rings. The minimum Gasteiger partial charge on any atom is -0.410 e. The summed E-state index contributed by atoms with van der Waals surface area (Å²) in [7, 11) is -2.10. The molecule has 1 atom stereocenters. The maximum absolute atomic E-state index is 13.8. The van der Waals surface area contributed by atoms with Crippen molar-refractivity contribution in [2.75, 3.05) is 0 Å². The van der Waals surface area contributed by atoms with E-state index in [9.17, 15) is 13.2 Å². The largest absolute Gasteiger partial charge is 0.416 e. The summed E-state index contributed by atoms with van der Waals surface area (Å²) in [6, 6.07) is 6.81. The van der Waals surface area contributed by atoms with Crippen LogP contribution in [0.1, 0.15) is 90.4 Å². The van der Waals surface area contributed by atoms with Gasteiger partial charge in [-0.1, -0.05) is 52.3 Å². The smallest absolute Gasteiger partial charge is 0.410 e. The summed E-state index contributed by atoms with van der Waals surface area (Å²) in [6.45, 7) is 10.9. The maximum atomic E-state index is 13.8. The van der Waals surface area contributed by atoms with E-state index < -0.39 is 26.2 Å². The number of halogens is 4. The molecule has 0 aliphatic heterocycles. The first-order chi connectivity index (χ1) is 14.0. The minimum absolute atomic E-state index is 0.148. The molecule has 1 aliphatic rings. The van der Waals surface area contributed by atoms with Gasteiger partial charge in [-0.2, -0.15) is 13.2 Å². The number of alkyl halides is 3. The third-order valence-corrected chi connectivity index (χ3v) is 12.3. The van der Waals surface area contributed by atoms with Crippen LogP contribution in [0.3, 0.4) is 0 Å². The fourth-order valence-corrected chi connectivity index (χ4v) is 7.95. The minimum atomic E-state index is -4.44. The Kier molecular flexibility index (Phi) is 8.92. The van der Waals surface area contributed by atoms with Crippen molar-refractivity contribution >= 4 is 19.9 Å². The van der Waals surface area contributed by atoms with Crippen LogP contribution in [-0.2, 0) is 10.6 Å². The summed E-state index contributed by atoms with van der Waals surface area (Å²) in [4.78, 5) is 0. The molecule has 1 aromatic rings. The lowest BCUT2D eigenvalue weighted by Crippen LogP contribution is -2.38. The molecule has 0 amide bonds. The lowest BCUT2D eigenvalue weighted by molar-refractivity contribution is -0.139. The predicted molar refractivity (Wildman–Crippen MR) is 122 cm³/mol. The van der Waals surface area contributed by atoms with E-state index in [1.807, 2.05) is 0 Å². The van der Waals surface area contributed by atoms with Crippen LogP contribution in [0.4, 0.5) is 13.2 Å². The Morgan fingerprint density at radius 1 is 1.10 bits per heavy atom. The second-order valence-electron chi connectivity index (χ2n) is 9.73. The van der Waals surface area contributed by atoms with Gasteiger partial charge in [0.2, 0.25) is 0 Å². The Morgan fingerprint density at radius 2 is 1.67 bits per heavy atom. The van der Waals surface area contributed by atoms with Crippen molar-refractivity contribution in [2.45, 2.75) is 104 Å². The van der Waals surface area contributed by atoms with Crippen LogP contribution >= 0.6 is 11.6 Å². The molecule has 1 nitrogen and oxygen atoms in total.